The van der Waals surface area contributed by atoms with E-state index in [2.05, 4.69) is 38.4 Å². The molecule has 0 spiro atoms. The molecule has 4 aromatic rings. The van der Waals surface area contributed by atoms with E-state index in [0.717, 1.165) is 3.57 Å². The van der Waals surface area contributed by atoms with Crippen molar-refractivity contribution in [3.05, 3.63) is 87.7 Å². The van der Waals surface area contributed by atoms with Gasteiger partial charge in [-0.25, -0.2) is 4.98 Å². The highest BCUT2D eigenvalue weighted by atomic mass is 127. The molecule has 0 saturated carbocycles. The van der Waals surface area contributed by atoms with Gasteiger partial charge in [-0.2, -0.15) is 0 Å². The summed E-state index contributed by atoms with van der Waals surface area (Å²) in [6, 6.07) is 19.6. The molecular weight excluding hydrogens is 469 g/mol. The SMILES string of the molecule is O=C(NNC(=O)c1cc(-c2ccco2)nc2ccccc12)c1ccccc1I. The lowest BCUT2D eigenvalue weighted by Crippen LogP contribution is -2.42. The molecule has 0 atom stereocenters. The quantitative estimate of drug-likeness (QED) is 0.339. The van der Waals surface area contributed by atoms with Crippen LogP contribution in [0.1, 0.15) is 20.7 Å². The molecule has 6 nitrogen and oxygen atoms in total. The lowest BCUT2D eigenvalue weighted by Gasteiger charge is -2.11. The van der Waals surface area contributed by atoms with E-state index in [1.54, 1.807) is 36.6 Å². The van der Waals surface area contributed by atoms with Crippen LogP contribution >= 0.6 is 22.6 Å². The number of para-hydroxylation sites is 1. The van der Waals surface area contributed by atoms with Crippen LogP contribution in [0, 0.1) is 3.57 Å². The number of nitrogens with one attached hydrogen (secondary N) is 2. The van der Waals surface area contributed by atoms with Gasteiger partial charge in [0.2, 0.25) is 0 Å². The number of carbonyl (C=O) groups is 2. The van der Waals surface area contributed by atoms with E-state index in [0.29, 0.717) is 33.5 Å². The number of carbonyl (C=O) groups excluding carboxylic acids is 2. The predicted molar refractivity (Wildman–Crippen MR) is 114 cm³/mol. The van der Waals surface area contributed by atoms with Crippen LogP contribution in [0.2, 0.25) is 0 Å². The molecule has 2 amide bonds. The Morgan fingerprint density at radius 1 is 0.857 bits per heavy atom. The molecular formula is C21H14IN3O3. The van der Waals surface area contributed by atoms with Crippen molar-refractivity contribution in [2.24, 2.45) is 0 Å². The van der Waals surface area contributed by atoms with E-state index >= 15 is 0 Å². The van der Waals surface area contributed by atoms with E-state index < -0.39 is 5.91 Å². The molecule has 2 aromatic carbocycles. The third-order valence-electron chi connectivity index (χ3n) is 4.14. The van der Waals surface area contributed by atoms with Gasteiger partial charge in [-0.15, -0.1) is 0 Å². The number of aromatic nitrogens is 1. The number of benzene rings is 2. The van der Waals surface area contributed by atoms with Crippen molar-refractivity contribution in [2.75, 3.05) is 0 Å². The maximum atomic E-state index is 12.8. The van der Waals surface area contributed by atoms with Gasteiger partial charge in [-0.3, -0.25) is 20.4 Å². The topological polar surface area (TPSA) is 84.2 Å². The number of hydrazine groups is 1. The zero-order chi connectivity index (χ0) is 19.5. The highest BCUT2D eigenvalue weighted by molar-refractivity contribution is 14.1. The van der Waals surface area contributed by atoms with Crippen molar-refractivity contribution < 1.29 is 14.0 Å². The molecule has 0 aliphatic rings. The van der Waals surface area contributed by atoms with Crippen LogP contribution in [0.3, 0.4) is 0 Å². The largest absolute Gasteiger partial charge is 0.463 e. The molecule has 2 N–H and O–H groups in total. The minimum atomic E-state index is -0.439. The Kier molecular flexibility index (Phi) is 5.07. The Hall–Kier alpha value is -3.20. The second-order valence-electron chi connectivity index (χ2n) is 5.94. The lowest BCUT2D eigenvalue weighted by molar-refractivity contribution is 0.0847. The first kappa shape index (κ1) is 18.2. The minimum absolute atomic E-state index is 0.386. The molecule has 0 bridgehead atoms. The Balaban J connectivity index is 1.63. The summed E-state index contributed by atoms with van der Waals surface area (Å²) in [4.78, 5) is 29.7. The van der Waals surface area contributed by atoms with Crippen LogP contribution in [0.25, 0.3) is 22.4 Å². The fourth-order valence-corrected chi connectivity index (χ4v) is 3.44. The van der Waals surface area contributed by atoms with Crippen molar-refractivity contribution in [1.82, 2.24) is 15.8 Å². The number of amides is 2. The van der Waals surface area contributed by atoms with Crippen molar-refractivity contribution in [1.29, 1.82) is 0 Å². The first-order valence-corrected chi connectivity index (χ1v) is 9.50. The van der Waals surface area contributed by atoms with Crippen molar-refractivity contribution in [2.45, 2.75) is 0 Å². The maximum absolute atomic E-state index is 12.8. The monoisotopic (exact) mass is 483 g/mol. The number of halogens is 1. The summed E-state index contributed by atoms with van der Waals surface area (Å²) < 4.78 is 6.20. The molecule has 4 rings (SSSR count). The lowest BCUT2D eigenvalue weighted by atomic mass is 10.1. The Morgan fingerprint density at radius 3 is 2.32 bits per heavy atom. The number of pyridine rings is 1. The smallest absolute Gasteiger partial charge is 0.270 e. The molecule has 0 aliphatic carbocycles. The number of fused-ring (bicyclic) bond motifs is 1. The highest BCUT2D eigenvalue weighted by Crippen LogP contribution is 2.25. The Labute approximate surface area is 174 Å². The molecule has 0 saturated heterocycles. The third kappa shape index (κ3) is 3.61. The molecule has 138 valence electrons. The van der Waals surface area contributed by atoms with Gasteiger partial charge in [0.15, 0.2) is 5.76 Å². The second kappa shape index (κ2) is 7.81. The van der Waals surface area contributed by atoms with Gasteiger partial charge >= 0.3 is 0 Å². The molecule has 2 aromatic heterocycles. The van der Waals surface area contributed by atoms with Crippen LogP contribution in [-0.4, -0.2) is 16.8 Å². The summed E-state index contributed by atoms with van der Waals surface area (Å²) in [7, 11) is 0. The van der Waals surface area contributed by atoms with Crippen molar-refractivity contribution in [3.63, 3.8) is 0 Å². The standard InChI is InChI=1S/C21H14IN3O3/c22-16-8-3-1-7-14(16)20(26)24-25-21(27)15-12-18(19-10-5-11-28-19)23-17-9-4-2-6-13(15)17/h1-12H,(H,24,26)(H,25,27). The van der Waals surface area contributed by atoms with Crippen molar-refractivity contribution >= 4 is 45.3 Å². The Bertz CT molecular complexity index is 1170. The predicted octanol–water partition coefficient (Wildman–Crippen LogP) is 4.17. The number of rotatable bonds is 3. The summed E-state index contributed by atoms with van der Waals surface area (Å²) >= 11 is 2.07. The molecule has 0 unspecified atom stereocenters. The van der Waals surface area contributed by atoms with Crippen LogP contribution in [0.15, 0.2) is 77.4 Å². The summed E-state index contributed by atoms with van der Waals surface area (Å²) in [6.45, 7) is 0. The summed E-state index contributed by atoms with van der Waals surface area (Å²) in [5.41, 5.74) is 7.03. The molecule has 0 radical (unpaired) electrons. The number of hydrogen-bond acceptors (Lipinski definition) is 4. The average Bonchev–Trinajstić information content (AvgIpc) is 3.26. The van der Waals surface area contributed by atoms with E-state index in [1.807, 2.05) is 36.4 Å². The number of nitrogens with zero attached hydrogens (tertiary/aromatic N) is 1. The van der Waals surface area contributed by atoms with Crippen LogP contribution in [0.4, 0.5) is 0 Å². The van der Waals surface area contributed by atoms with E-state index in [1.165, 1.54) is 0 Å². The summed E-state index contributed by atoms with van der Waals surface area (Å²) in [5.74, 6) is -0.267. The highest BCUT2D eigenvalue weighted by Gasteiger charge is 2.16. The number of furan rings is 1. The molecule has 28 heavy (non-hydrogen) atoms. The molecule has 0 fully saturated rings. The molecule has 0 aliphatic heterocycles. The van der Waals surface area contributed by atoms with E-state index in [4.69, 9.17) is 4.42 Å². The van der Waals surface area contributed by atoms with Gasteiger partial charge in [0.25, 0.3) is 11.8 Å². The average molecular weight is 483 g/mol. The summed E-state index contributed by atoms with van der Waals surface area (Å²) in [5, 5.41) is 0.679. The second-order valence-corrected chi connectivity index (χ2v) is 7.10. The van der Waals surface area contributed by atoms with Gasteiger partial charge in [0.05, 0.1) is 22.9 Å². The maximum Gasteiger partial charge on any atom is 0.270 e. The van der Waals surface area contributed by atoms with Crippen molar-refractivity contribution in [3.8, 4) is 11.5 Å². The van der Waals surface area contributed by atoms with Gasteiger partial charge in [0, 0.05) is 8.96 Å². The molecule has 7 heteroatoms. The van der Waals surface area contributed by atoms with Crippen LogP contribution in [-0.2, 0) is 0 Å². The van der Waals surface area contributed by atoms with Gasteiger partial charge in [-0.05, 0) is 59.0 Å². The first-order chi connectivity index (χ1) is 13.6. The third-order valence-corrected chi connectivity index (χ3v) is 5.08. The first-order valence-electron chi connectivity index (χ1n) is 8.42. The van der Waals surface area contributed by atoms with Crippen LogP contribution in [0.5, 0.6) is 0 Å². The normalized spacial score (nSPS) is 10.6. The zero-order valence-corrected chi connectivity index (χ0v) is 16.6. The number of hydrogen-bond donors (Lipinski definition) is 2. The minimum Gasteiger partial charge on any atom is -0.463 e. The van der Waals surface area contributed by atoms with Gasteiger partial charge < -0.3 is 4.42 Å². The fraction of sp³-hybridized carbons (Fsp3) is 0. The van der Waals surface area contributed by atoms with E-state index in [-0.39, 0.29) is 5.91 Å². The van der Waals surface area contributed by atoms with E-state index in [9.17, 15) is 9.59 Å². The fourth-order valence-electron chi connectivity index (χ4n) is 2.81. The van der Waals surface area contributed by atoms with Gasteiger partial charge in [0.1, 0.15) is 5.69 Å². The van der Waals surface area contributed by atoms with Crippen LogP contribution < -0.4 is 10.9 Å². The Morgan fingerprint density at radius 2 is 1.57 bits per heavy atom. The zero-order valence-electron chi connectivity index (χ0n) is 14.5. The van der Waals surface area contributed by atoms with Gasteiger partial charge in [-0.1, -0.05) is 30.3 Å². The summed E-state index contributed by atoms with van der Waals surface area (Å²) in [6.07, 6.45) is 1.55. The molecule has 2 heterocycles.